The molecule has 0 saturated heterocycles. The lowest BCUT2D eigenvalue weighted by Gasteiger charge is -2.27. The average Bonchev–Trinajstić information content (AvgIpc) is 2.44. The number of nitro groups is 1. The molecule has 0 heterocycles. The van der Waals surface area contributed by atoms with E-state index in [1.807, 2.05) is 0 Å². The first kappa shape index (κ1) is 18.9. The molecular formula is C16H23NO6. The highest BCUT2D eigenvalue weighted by Crippen LogP contribution is 2.40. The topological polar surface area (TPSA) is 87.9 Å². The van der Waals surface area contributed by atoms with Crippen molar-refractivity contribution >= 4 is 11.7 Å². The Morgan fingerprint density at radius 3 is 2.22 bits per heavy atom. The highest BCUT2D eigenvalue weighted by Gasteiger charge is 2.34. The van der Waals surface area contributed by atoms with Crippen LogP contribution < -0.4 is 4.74 Å². The van der Waals surface area contributed by atoms with Gasteiger partial charge in [-0.3, -0.25) is 10.1 Å². The predicted octanol–water partition coefficient (Wildman–Crippen LogP) is 3.25. The molecule has 1 aromatic rings. The van der Waals surface area contributed by atoms with E-state index in [1.54, 1.807) is 40.7 Å². The summed E-state index contributed by atoms with van der Waals surface area (Å²) in [6.07, 6.45) is -1.05. The predicted molar refractivity (Wildman–Crippen MR) is 84.7 cm³/mol. The van der Waals surface area contributed by atoms with E-state index in [0.29, 0.717) is 16.7 Å². The molecule has 0 aliphatic carbocycles. The van der Waals surface area contributed by atoms with E-state index in [4.69, 9.17) is 14.2 Å². The first-order valence-electron chi connectivity index (χ1n) is 7.11. The van der Waals surface area contributed by atoms with Gasteiger partial charge in [0.2, 0.25) is 0 Å². The quantitative estimate of drug-likeness (QED) is 0.469. The van der Waals surface area contributed by atoms with Gasteiger partial charge >= 0.3 is 11.7 Å². The van der Waals surface area contributed by atoms with Gasteiger partial charge in [0.15, 0.2) is 11.9 Å². The van der Waals surface area contributed by atoms with Gasteiger partial charge in [-0.05, 0) is 46.2 Å². The smallest absolute Gasteiger partial charge is 0.339 e. The Kier molecular flexibility index (Phi) is 5.71. The summed E-state index contributed by atoms with van der Waals surface area (Å²) in [5.74, 6) is -0.433. The van der Waals surface area contributed by atoms with Crippen LogP contribution >= 0.6 is 0 Å². The Morgan fingerprint density at radius 1 is 1.26 bits per heavy atom. The van der Waals surface area contributed by atoms with E-state index in [2.05, 4.69) is 0 Å². The first-order valence-corrected chi connectivity index (χ1v) is 7.11. The number of ether oxygens (including phenoxy) is 3. The molecule has 0 N–H and O–H groups in total. The third-order valence-electron chi connectivity index (χ3n) is 3.29. The summed E-state index contributed by atoms with van der Waals surface area (Å²) in [6.45, 7) is 8.63. The van der Waals surface area contributed by atoms with Gasteiger partial charge < -0.3 is 14.2 Å². The van der Waals surface area contributed by atoms with Gasteiger partial charge in [-0.15, -0.1) is 0 Å². The minimum atomic E-state index is -1.05. The zero-order valence-electron chi connectivity index (χ0n) is 14.6. The molecule has 7 heteroatoms. The lowest BCUT2D eigenvalue weighted by Crippen LogP contribution is -2.29. The van der Waals surface area contributed by atoms with E-state index < -0.39 is 22.6 Å². The number of carbonyl (C=O) groups is 1. The van der Waals surface area contributed by atoms with E-state index in [-0.39, 0.29) is 11.4 Å². The van der Waals surface area contributed by atoms with Crippen molar-refractivity contribution in [2.24, 2.45) is 0 Å². The Bertz CT molecular complexity index is 618. The minimum Gasteiger partial charge on any atom is -0.490 e. The van der Waals surface area contributed by atoms with Gasteiger partial charge in [-0.25, -0.2) is 4.79 Å². The average molecular weight is 325 g/mol. The monoisotopic (exact) mass is 325 g/mol. The fourth-order valence-corrected chi connectivity index (χ4v) is 2.35. The molecule has 0 saturated carbocycles. The third-order valence-corrected chi connectivity index (χ3v) is 3.29. The van der Waals surface area contributed by atoms with Crippen LogP contribution in [0.5, 0.6) is 5.75 Å². The molecule has 0 aliphatic heterocycles. The van der Waals surface area contributed by atoms with Gasteiger partial charge in [0.25, 0.3) is 0 Å². The number of nitro benzene ring substituents is 1. The summed E-state index contributed by atoms with van der Waals surface area (Å²) in [5.41, 5.74) is 0.461. The molecule has 0 bridgehead atoms. The normalized spacial score (nSPS) is 12.7. The summed E-state index contributed by atoms with van der Waals surface area (Å²) in [4.78, 5) is 23.0. The van der Waals surface area contributed by atoms with E-state index in [9.17, 15) is 14.9 Å². The van der Waals surface area contributed by atoms with Crippen molar-refractivity contribution in [3.63, 3.8) is 0 Å². The number of esters is 1. The maximum atomic E-state index is 12.1. The van der Waals surface area contributed by atoms with Gasteiger partial charge in [0.05, 0.1) is 24.7 Å². The second-order valence-electron chi connectivity index (χ2n) is 6.18. The lowest BCUT2D eigenvalue weighted by molar-refractivity contribution is -0.386. The van der Waals surface area contributed by atoms with Crippen molar-refractivity contribution in [2.75, 3.05) is 14.2 Å². The number of aryl methyl sites for hydroxylation is 1. The van der Waals surface area contributed by atoms with Crippen molar-refractivity contribution in [1.82, 2.24) is 0 Å². The van der Waals surface area contributed by atoms with Crippen molar-refractivity contribution in [2.45, 2.75) is 46.3 Å². The molecule has 0 amide bonds. The van der Waals surface area contributed by atoms with Crippen LogP contribution in [0.1, 0.15) is 43.6 Å². The zero-order chi connectivity index (χ0) is 17.9. The van der Waals surface area contributed by atoms with Crippen LogP contribution in [-0.4, -0.2) is 30.7 Å². The van der Waals surface area contributed by atoms with Crippen LogP contribution in [0.25, 0.3) is 0 Å². The summed E-state index contributed by atoms with van der Waals surface area (Å²) in [7, 11) is 2.62. The van der Waals surface area contributed by atoms with Crippen LogP contribution in [0.3, 0.4) is 0 Å². The second kappa shape index (κ2) is 6.95. The van der Waals surface area contributed by atoms with Crippen molar-refractivity contribution in [3.8, 4) is 5.75 Å². The van der Waals surface area contributed by atoms with E-state index in [0.717, 1.165) is 0 Å². The van der Waals surface area contributed by atoms with Gasteiger partial charge in [-0.1, -0.05) is 0 Å². The van der Waals surface area contributed by atoms with Crippen LogP contribution in [0.15, 0.2) is 6.07 Å². The number of nitrogens with zero attached hydrogens (tertiary/aromatic N) is 1. The highest BCUT2D eigenvalue weighted by atomic mass is 16.6. The lowest BCUT2D eigenvalue weighted by atomic mass is 9.97. The maximum absolute atomic E-state index is 12.1. The molecule has 1 aromatic carbocycles. The van der Waals surface area contributed by atoms with Crippen molar-refractivity contribution in [3.05, 3.63) is 32.9 Å². The number of carbonyl (C=O) groups excluding carboxylic acids is 1. The number of methoxy groups -OCH3 is 2. The van der Waals surface area contributed by atoms with E-state index >= 15 is 0 Å². The Hall–Kier alpha value is -2.15. The SMILES string of the molecule is COC(=O)C(OC(C)(C)C)c1cc(C)c(OC)c([N+](=O)[O-])c1C. The molecular weight excluding hydrogens is 302 g/mol. The molecule has 0 aliphatic rings. The number of benzene rings is 1. The first-order chi connectivity index (χ1) is 10.5. The van der Waals surface area contributed by atoms with Crippen molar-refractivity contribution < 1.29 is 23.9 Å². The molecule has 128 valence electrons. The zero-order valence-corrected chi connectivity index (χ0v) is 14.6. The Morgan fingerprint density at radius 2 is 1.83 bits per heavy atom. The van der Waals surface area contributed by atoms with Crippen LogP contribution in [0.4, 0.5) is 5.69 Å². The fourth-order valence-electron chi connectivity index (χ4n) is 2.35. The highest BCUT2D eigenvalue weighted by molar-refractivity contribution is 5.78. The van der Waals surface area contributed by atoms with Crippen LogP contribution in [0, 0.1) is 24.0 Å². The molecule has 23 heavy (non-hydrogen) atoms. The number of hydrogen-bond acceptors (Lipinski definition) is 6. The summed E-state index contributed by atoms with van der Waals surface area (Å²) >= 11 is 0. The minimum absolute atomic E-state index is 0.172. The Labute approximate surface area is 135 Å². The summed E-state index contributed by atoms with van der Waals surface area (Å²) in [5, 5.41) is 11.4. The fraction of sp³-hybridized carbons (Fsp3) is 0.562. The van der Waals surface area contributed by atoms with Gasteiger partial charge in [0.1, 0.15) is 0 Å². The Balaban J connectivity index is 3.60. The molecule has 0 radical (unpaired) electrons. The number of hydrogen-bond donors (Lipinski definition) is 0. The molecule has 1 atom stereocenters. The number of rotatable bonds is 5. The van der Waals surface area contributed by atoms with Gasteiger partial charge in [-0.2, -0.15) is 0 Å². The summed E-state index contributed by atoms with van der Waals surface area (Å²) < 4.78 is 15.7. The van der Waals surface area contributed by atoms with Crippen LogP contribution in [-0.2, 0) is 14.3 Å². The van der Waals surface area contributed by atoms with Crippen molar-refractivity contribution in [1.29, 1.82) is 0 Å². The van der Waals surface area contributed by atoms with E-state index in [1.165, 1.54) is 14.2 Å². The second-order valence-corrected chi connectivity index (χ2v) is 6.18. The molecule has 0 spiro atoms. The molecule has 1 unspecified atom stereocenters. The largest absolute Gasteiger partial charge is 0.490 e. The summed E-state index contributed by atoms with van der Waals surface area (Å²) in [6, 6.07) is 1.66. The molecule has 0 fully saturated rings. The molecule has 0 aromatic heterocycles. The molecule has 1 rings (SSSR count). The molecule has 7 nitrogen and oxygen atoms in total. The third kappa shape index (κ3) is 4.19. The van der Waals surface area contributed by atoms with Gasteiger partial charge in [0, 0.05) is 11.1 Å². The standard InChI is InChI=1S/C16H23NO6/c1-9-8-11(10(2)12(17(19)20)13(9)21-6)14(15(18)22-7)23-16(3,4)5/h8,14H,1-7H3. The maximum Gasteiger partial charge on any atom is 0.339 e. The van der Waals surface area contributed by atoms with Crippen LogP contribution in [0.2, 0.25) is 0 Å².